The third-order valence-electron chi connectivity index (χ3n) is 5.18. The van der Waals surface area contributed by atoms with Gasteiger partial charge < -0.3 is 9.65 Å². The number of para-hydroxylation sites is 1. The van der Waals surface area contributed by atoms with Gasteiger partial charge in [-0.3, -0.25) is 19.1 Å². The molecule has 0 bridgehead atoms. The van der Waals surface area contributed by atoms with Crippen molar-refractivity contribution in [1.29, 1.82) is 0 Å². The molecular formula is C20H18BFN4O4. The minimum atomic E-state index is -0.639. The first-order valence-electron chi connectivity index (χ1n) is 9.39. The van der Waals surface area contributed by atoms with E-state index in [2.05, 4.69) is 9.74 Å². The van der Waals surface area contributed by atoms with Crippen molar-refractivity contribution in [3.63, 3.8) is 0 Å². The van der Waals surface area contributed by atoms with Crippen LogP contribution in [-0.4, -0.2) is 59.6 Å². The van der Waals surface area contributed by atoms with E-state index in [0.717, 1.165) is 0 Å². The van der Waals surface area contributed by atoms with Crippen LogP contribution >= 0.6 is 0 Å². The molecule has 1 saturated heterocycles. The van der Waals surface area contributed by atoms with Crippen LogP contribution in [0.5, 0.6) is 0 Å². The van der Waals surface area contributed by atoms with Crippen molar-refractivity contribution < 1.29 is 13.9 Å². The fourth-order valence-electron chi connectivity index (χ4n) is 3.58. The molecule has 1 aliphatic heterocycles. The average molecular weight is 408 g/mol. The number of aromatic amines is 1. The van der Waals surface area contributed by atoms with Gasteiger partial charge in [-0.15, -0.1) is 0 Å². The molecule has 3 aromatic rings. The Bertz CT molecular complexity index is 1220. The molecule has 0 aliphatic carbocycles. The summed E-state index contributed by atoms with van der Waals surface area (Å²) in [5.41, 5.74) is -0.100. The van der Waals surface area contributed by atoms with Crippen LogP contribution in [-0.2, 0) is 11.3 Å². The molecule has 152 valence electrons. The summed E-state index contributed by atoms with van der Waals surface area (Å²) >= 11 is 0. The standard InChI is InChI=1S/C20H18BFN4O4/c21-30-25-9-7-24(8-10-25)19(28)15-11-13(5-6-16(15)22)12-26-17-4-2-1-3-14(17)18(27)23-20(26)29/h1-6,11H,7-10,12H2,(H,23,27,29). The number of carbonyl (C=O) groups excluding carboxylic acids is 1. The quantitative estimate of drug-likeness (QED) is 0.641. The van der Waals surface area contributed by atoms with Gasteiger partial charge in [0.2, 0.25) is 0 Å². The number of nitrogens with zero attached hydrogens (tertiary/aromatic N) is 3. The van der Waals surface area contributed by atoms with Crippen LogP contribution in [0.3, 0.4) is 0 Å². The van der Waals surface area contributed by atoms with E-state index < -0.39 is 23.0 Å². The lowest BCUT2D eigenvalue weighted by Gasteiger charge is -2.33. The minimum Gasteiger partial charge on any atom is -0.374 e. The molecule has 0 saturated carbocycles. The molecule has 1 fully saturated rings. The molecule has 0 unspecified atom stereocenters. The molecule has 0 spiro atoms. The predicted molar refractivity (Wildman–Crippen MR) is 109 cm³/mol. The lowest BCUT2D eigenvalue weighted by Crippen LogP contribution is -2.48. The van der Waals surface area contributed by atoms with Crippen molar-refractivity contribution in [1.82, 2.24) is 19.5 Å². The van der Waals surface area contributed by atoms with Crippen molar-refractivity contribution in [3.05, 3.63) is 80.2 Å². The van der Waals surface area contributed by atoms with Crippen molar-refractivity contribution >= 4 is 24.9 Å². The smallest absolute Gasteiger partial charge is 0.329 e. The van der Waals surface area contributed by atoms with E-state index in [-0.39, 0.29) is 12.1 Å². The molecule has 4 rings (SSSR count). The van der Waals surface area contributed by atoms with Crippen LogP contribution in [0, 0.1) is 5.82 Å². The summed E-state index contributed by atoms with van der Waals surface area (Å²) in [4.78, 5) is 41.0. The summed E-state index contributed by atoms with van der Waals surface area (Å²) in [6.45, 7) is 1.61. The van der Waals surface area contributed by atoms with Crippen molar-refractivity contribution in [2.24, 2.45) is 0 Å². The average Bonchev–Trinajstić information content (AvgIpc) is 2.77. The van der Waals surface area contributed by atoms with Crippen LogP contribution in [0.4, 0.5) is 4.39 Å². The summed E-state index contributed by atoms with van der Waals surface area (Å²) in [6, 6.07) is 10.9. The number of piperazine rings is 1. The van der Waals surface area contributed by atoms with Gasteiger partial charge in [0.15, 0.2) is 0 Å². The predicted octanol–water partition coefficient (Wildman–Crippen LogP) is 0.650. The Kier molecular flexibility index (Phi) is 5.51. The van der Waals surface area contributed by atoms with Crippen LogP contribution in [0.15, 0.2) is 52.1 Å². The van der Waals surface area contributed by atoms with Gasteiger partial charge in [0.1, 0.15) is 5.82 Å². The lowest BCUT2D eigenvalue weighted by molar-refractivity contribution is -0.0777. The molecule has 8 nitrogen and oxygen atoms in total. The number of fused-ring (bicyclic) bond motifs is 1. The highest BCUT2D eigenvalue weighted by Crippen LogP contribution is 2.17. The monoisotopic (exact) mass is 408 g/mol. The number of aromatic nitrogens is 2. The number of hydrogen-bond donors (Lipinski definition) is 1. The van der Waals surface area contributed by atoms with Crippen LogP contribution in [0.2, 0.25) is 0 Å². The fraction of sp³-hybridized carbons (Fsp3) is 0.250. The Morgan fingerprint density at radius 3 is 2.57 bits per heavy atom. The Hall–Kier alpha value is -3.24. The Morgan fingerprint density at radius 1 is 1.10 bits per heavy atom. The maximum Gasteiger partial charge on any atom is 0.329 e. The van der Waals surface area contributed by atoms with E-state index in [1.807, 2.05) is 0 Å². The third kappa shape index (κ3) is 3.79. The van der Waals surface area contributed by atoms with Gasteiger partial charge in [-0.1, -0.05) is 18.2 Å². The van der Waals surface area contributed by atoms with Gasteiger partial charge in [0.25, 0.3) is 11.5 Å². The van der Waals surface area contributed by atoms with Crippen molar-refractivity contribution in [2.45, 2.75) is 6.54 Å². The highest BCUT2D eigenvalue weighted by molar-refractivity contribution is 5.97. The largest absolute Gasteiger partial charge is 0.374 e. The second-order valence-electron chi connectivity index (χ2n) is 7.00. The van der Waals surface area contributed by atoms with Gasteiger partial charge in [-0.25, -0.2) is 14.2 Å². The number of H-pyrrole nitrogens is 1. The first-order valence-corrected chi connectivity index (χ1v) is 9.39. The Labute approximate surface area is 171 Å². The lowest BCUT2D eigenvalue weighted by atomic mass is 10.1. The molecule has 2 aromatic carbocycles. The number of amides is 1. The normalized spacial score (nSPS) is 14.9. The van der Waals surface area contributed by atoms with Gasteiger partial charge in [-0.05, 0) is 29.8 Å². The van der Waals surface area contributed by atoms with Gasteiger partial charge in [0, 0.05) is 26.2 Å². The summed E-state index contributed by atoms with van der Waals surface area (Å²) < 4.78 is 20.5. The molecule has 2 radical (unpaired) electrons. The van der Waals surface area contributed by atoms with Gasteiger partial charge in [-0.2, -0.15) is 0 Å². The number of hydroxylamine groups is 2. The molecule has 1 aliphatic rings. The van der Waals surface area contributed by atoms with E-state index in [1.54, 1.807) is 24.3 Å². The number of rotatable bonds is 4. The minimum absolute atomic E-state index is 0.0728. The highest BCUT2D eigenvalue weighted by Gasteiger charge is 2.24. The van der Waals surface area contributed by atoms with Crippen LogP contribution in [0.1, 0.15) is 15.9 Å². The zero-order chi connectivity index (χ0) is 21.3. The first kappa shape index (κ1) is 20.1. The van der Waals surface area contributed by atoms with E-state index in [0.29, 0.717) is 42.6 Å². The van der Waals surface area contributed by atoms with Crippen molar-refractivity contribution in [2.75, 3.05) is 26.2 Å². The molecule has 1 aromatic heterocycles. The zero-order valence-corrected chi connectivity index (χ0v) is 16.0. The molecular weight excluding hydrogens is 390 g/mol. The van der Waals surface area contributed by atoms with E-state index >= 15 is 0 Å². The number of halogens is 1. The van der Waals surface area contributed by atoms with Crippen LogP contribution in [0.25, 0.3) is 10.9 Å². The summed E-state index contributed by atoms with van der Waals surface area (Å²) in [5.74, 6) is -1.08. The zero-order valence-electron chi connectivity index (χ0n) is 16.0. The Morgan fingerprint density at radius 2 is 1.83 bits per heavy atom. The summed E-state index contributed by atoms with van der Waals surface area (Å²) in [6.07, 6.45) is 0. The molecule has 10 heteroatoms. The van der Waals surface area contributed by atoms with E-state index in [9.17, 15) is 18.8 Å². The Balaban J connectivity index is 1.65. The van der Waals surface area contributed by atoms with Crippen molar-refractivity contribution in [3.8, 4) is 0 Å². The number of benzene rings is 2. The van der Waals surface area contributed by atoms with E-state index in [4.69, 9.17) is 8.05 Å². The first-order chi connectivity index (χ1) is 14.5. The van der Waals surface area contributed by atoms with Crippen LogP contribution < -0.4 is 11.2 Å². The topological polar surface area (TPSA) is 87.6 Å². The molecule has 30 heavy (non-hydrogen) atoms. The third-order valence-corrected chi connectivity index (χ3v) is 5.18. The maximum atomic E-state index is 14.4. The van der Waals surface area contributed by atoms with E-state index in [1.165, 1.54) is 32.7 Å². The van der Waals surface area contributed by atoms with Gasteiger partial charge in [0.05, 0.1) is 23.0 Å². The summed E-state index contributed by atoms with van der Waals surface area (Å²) in [7, 11) is 5.13. The number of hydrogen-bond acceptors (Lipinski definition) is 5. The molecule has 2 heterocycles. The fourth-order valence-corrected chi connectivity index (χ4v) is 3.58. The molecule has 1 N–H and O–H groups in total. The SMILES string of the molecule is [B]ON1CCN(C(=O)c2cc(Cn3c(=O)[nH]c(=O)c4ccccc43)ccc2F)CC1. The van der Waals surface area contributed by atoms with Gasteiger partial charge >= 0.3 is 13.7 Å². The highest BCUT2D eigenvalue weighted by atomic mass is 19.1. The summed E-state index contributed by atoms with van der Waals surface area (Å²) in [5, 5.41) is 1.89. The second kappa shape index (κ2) is 8.25. The molecule has 1 amide bonds. The number of nitrogens with one attached hydrogen (secondary N) is 1. The second-order valence-corrected chi connectivity index (χ2v) is 7.00. The molecule has 0 atom stereocenters. The number of carbonyl (C=O) groups is 1. The maximum absolute atomic E-state index is 14.4.